The Balaban J connectivity index is 2.03. The maximum Gasteiger partial charge on any atom is 0.344 e. The largest absolute Gasteiger partial charge is 0.481 e. The van der Waals surface area contributed by atoms with Crippen molar-refractivity contribution in [1.82, 2.24) is 4.98 Å². The molecule has 0 saturated heterocycles. The van der Waals surface area contributed by atoms with Crippen molar-refractivity contribution in [3.05, 3.63) is 51.8 Å². The lowest BCUT2D eigenvalue weighted by molar-refractivity contribution is -0.148. The highest BCUT2D eigenvalue weighted by molar-refractivity contribution is 6.05. The first-order valence-electron chi connectivity index (χ1n) is 8.76. The number of ketones is 2. The number of carbonyl (C=O) groups excluding carboxylic acids is 3. The Labute approximate surface area is 158 Å². The van der Waals surface area contributed by atoms with E-state index in [0.29, 0.717) is 22.6 Å². The normalized spacial score (nSPS) is 11.8. The summed E-state index contributed by atoms with van der Waals surface area (Å²) in [6.07, 6.45) is -0.990. The molecule has 1 atom stereocenters. The summed E-state index contributed by atoms with van der Waals surface area (Å²) in [6, 6.07) is 5.69. The summed E-state index contributed by atoms with van der Waals surface area (Å²) in [7, 11) is 0. The van der Waals surface area contributed by atoms with Gasteiger partial charge in [0.05, 0.1) is 5.69 Å². The van der Waals surface area contributed by atoms with Crippen molar-refractivity contribution in [2.24, 2.45) is 0 Å². The smallest absolute Gasteiger partial charge is 0.344 e. The SMILES string of the molecule is CC(=O)c1c(C)[nH]c(C(=O)C(C)OC(=O)COc2c(C)cccc2C)c1C. The number of nitrogens with one attached hydrogen (secondary N) is 1. The molecule has 2 rings (SSSR count). The number of H-pyrrole nitrogens is 1. The molecule has 1 unspecified atom stereocenters. The summed E-state index contributed by atoms with van der Waals surface area (Å²) in [6.45, 7) is 9.88. The third-order valence-corrected chi connectivity index (χ3v) is 4.46. The Morgan fingerprint density at radius 1 is 1.07 bits per heavy atom. The first kappa shape index (κ1) is 20.4. The van der Waals surface area contributed by atoms with Crippen LogP contribution >= 0.6 is 0 Å². The minimum atomic E-state index is -0.990. The molecular formula is C21H25NO5. The molecule has 6 heteroatoms. The van der Waals surface area contributed by atoms with Crippen LogP contribution in [0.25, 0.3) is 0 Å². The van der Waals surface area contributed by atoms with Gasteiger partial charge in [0.15, 0.2) is 18.5 Å². The molecule has 0 spiro atoms. The highest BCUT2D eigenvalue weighted by atomic mass is 16.6. The van der Waals surface area contributed by atoms with Crippen LogP contribution < -0.4 is 4.74 Å². The van der Waals surface area contributed by atoms with E-state index < -0.39 is 12.1 Å². The summed E-state index contributed by atoms with van der Waals surface area (Å²) in [5, 5.41) is 0. The minimum absolute atomic E-state index is 0.119. The van der Waals surface area contributed by atoms with Crippen LogP contribution in [0.15, 0.2) is 18.2 Å². The van der Waals surface area contributed by atoms with Gasteiger partial charge in [-0.05, 0) is 58.2 Å². The molecule has 1 N–H and O–H groups in total. The van der Waals surface area contributed by atoms with Gasteiger partial charge in [0.25, 0.3) is 0 Å². The number of ether oxygens (including phenoxy) is 2. The van der Waals surface area contributed by atoms with E-state index in [9.17, 15) is 14.4 Å². The van der Waals surface area contributed by atoms with Crippen molar-refractivity contribution in [2.45, 2.75) is 47.6 Å². The van der Waals surface area contributed by atoms with Crippen LogP contribution in [-0.2, 0) is 9.53 Å². The lowest BCUT2D eigenvalue weighted by atomic mass is 10.0. The number of aromatic nitrogens is 1. The fraction of sp³-hybridized carbons (Fsp3) is 0.381. The first-order chi connectivity index (χ1) is 12.6. The van der Waals surface area contributed by atoms with Gasteiger partial charge >= 0.3 is 5.97 Å². The van der Waals surface area contributed by atoms with Crippen molar-refractivity contribution < 1.29 is 23.9 Å². The van der Waals surface area contributed by atoms with E-state index in [1.54, 1.807) is 13.8 Å². The van der Waals surface area contributed by atoms with Gasteiger partial charge in [-0.25, -0.2) is 4.79 Å². The minimum Gasteiger partial charge on any atom is -0.481 e. The second kappa shape index (κ2) is 8.20. The number of aryl methyl sites for hydroxylation is 3. The lowest BCUT2D eigenvalue weighted by Gasteiger charge is -2.14. The fourth-order valence-corrected chi connectivity index (χ4v) is 3.17. The average molecular weight is 371 g/mol. The summed E-state index contributed by atoms with van der Waals surface area (Å²) >= 11 is 0. The van der Waals surface area contributed by atoms with Crippen LogP contribution in [0.5, 0.6) is 5.75 Å². The highest BCUT2D eigenvalue weighted by Crippen LogP contribution is 2.23. The molecule has 0 amide bonds. The second-order valence-corrected chi connectivity index (χ2v) is 6.69. The first-order valence-corrected chi connectivity index (χ1v) is 8.76. The molecule has 0 bridgehead atoms. The molecule has 0 saturated carbocycles. The third kappa shape index (κ3) is 4.45. The number of hydrogen-bond donors (Lipinski definition) is 1. The quantitative estimate of drug-likeness (QED) is 0.593. The standard InChI is InChI=1S/C21H25NO5/c1-11-8-7-9-12(2)21(11)26-10-17(24)27-16(6)20(25)19-13(3)18(15(5)23)14(4)22-19/h7-9,16,22H,10H2,1-6H3. The van der Waals surface area contributed by atoms with Crippen LogP contribution in [0, 0.1) is 27.7 Å². The molecule has 0 radical (unpaired) electrons. The molecule has 0 aliphatic heterocycles. The van der Waals surface area contributed by atoms with E-state index in [4.69, 9.17) is 9.47 Å². The molecule has 1 aromatic carbocycles. The Bertz CT molecular complexity index is 874. The number of aromatic amines is 1. The van der Waals surface area contributed by atoms with Gasteiger partial charge in [0.2, 0.25) is 5.78 Å². The van der Waals surface area contributed by atoms with Gasteiger partial charge in [-0.15, -0.1) is 0 Å². The van der Waals surface area contributed by atoms with Crippen LogP contribution in [0.1, 0.15) is 57.1 Å². The van der Waals surface area contributed by atoms with E-state index in [0.717, 1.165) is 11.1 Å². The van der Waals surface area contributed by atoms with Crippen molar-refractivity contribution in [3.8, 4) is 5.75 Å². The van der Waals surface area contributed by atoms with Gasteiger partial charge in [-0.3, -0.25) is 9.59 Å². The molecule has 6 nitrogen and oxygen atoms in total. The maximum atomic E-state index is 12.6. The average Bonchev–Trinajstić information content (AvgIpc) is 2.88. The van der Waals surface area contributed by atoms with E-state index in [1.165, 1.54) is 13.8 Å². The number of benzene rings is 1. The van der Waals surface area contributed by atoms with Crippen LogP contribution in [0.3, 0.4) is 0 Å². The molecule has 27 heavy (non-hydrogen) atoms. The molecule has 0 fully saturated rings. The van der Waals surface area contributed by atoms with Gasteiger partial charge in [0, 0.05) is 11.3 Å². The van der Waals surface area contributed by atoms with E-state index >= 15 is 0 Å². The van der Waals surface area contributed by atoms with Gasteiger partial charge in [-0.1, -0.05) is 18.2 Å². The van der Waals surface area contributed by atoms with Gasteiger partial charge in [-0.2, -0.15) is 0 Å². The van der Waals surface area contributed by atoms with Crippen molar-refractivity contribution >= 4 is 17.5 Å². The molecule has 0 aliphatic carbocycles. The number of rotatable bonds is 7. The molecule has 2 aromatic rings. The van der Waals surface area contributed by atoms with Crippen molar-refractivity contribution in [1.29, 1.82) is 0 Å². The van der Waals surface area contributed by atoms with E-state index in [1.807, 2.05) is 32.0 Å². The molecule has 1 heterocycles. The summed E-state index contributed by atoms with van der Waals surface area (Å²) in [5.41, 5.74) is 3.81. The van der Waals surface area contributed by atoms with E-state index in [-0.39, 0.29) is 23.9 Å². The zero-order valence-electron chi connectivity index (χ0n) is 16.6. The predicted molar refractivity (Wildman–Crippen MR) is 102 cm³/mol. The molecule has 0 aliphatic rings. The summed E-state index contributed by atoms with van der Waals surface area (Å²) in [5.74, 6) is -0.503. The summed E-state index contributed by atoms with van der Waals surface area (Å²) < 4.78 is 10.8. The Hall–Kier alpha value is -2.89. The van der Waals surface area contributed by atoms with Gasteiger partial charge < -0.3 is 14.5 Å². The van der Waals surface area contributed by atoms with Gasteiger partial charge in [0.1, 0.15) is 5.75 Å². The Morgan fingerprint density at radius 2 is 1.67 bits per heavy atom. The fourth-order valence-electron chi connectivity index (χ4n) is 3.17. The highest BCUT2D eigenvalue weighted by Gasteiger charge is 2.26. The van der Waals surface area contributed by atoms with Crippen LogP contribution in [0.4, 0.5) is 0 Å². The number of hydrogen-bond acceptors (Lipinski definition) is 5. The van der Waals surface area contributed by atoms with Crippen LogP contribution in [-0.4, -0.2) is 35.2 Å². The van der Waals surface area contributed by atoms with Crippen LogP contribution in [0.2, 0.25) is 0 Å². The maximum absolute atomic E-state index is 12.6. The number of Topliss-reactive ketones (excluding diaryl/α,β-unsaturated/α-hetero) is 2. The zero-order valence-corrected chi connectivity index (χ0v) is 16.6. The third-order valence-electron chi connectivity index (χ3n) is 4.46. The van der Waals surface area contributed by atoms with E-state index in [2.05, 4.69) is 4.98 Å². The zero-order chi connectivity index (χ0) is 20.3. The second-order valence-electron chi connectivity index (χ2n) is 6.69. The van der Waals surface area contributed by atoms with Crippen molar-refractivity contribution in [2.75, 3.05) is 6.61 Å². The molecule has 1 aromatic heterocycles. The molecular weight excluding hydrogens is 346 g/mol. The number of esters is 1. The van der Waals surface area contributed by atoms with Crippen molar-refractivity contribution in [3.63, 3.8) is 0 Å². The predicted octanol–water partition coefficient (Wildman–Crippen LogP) is 3.64. The molecule has 144 valence electrons. The topological polar surface area (TPSA) is 85.5 Å². The monoisotopic (exact) mass is 371 g/mol. The lowest BCUT2D eigenvalue weighted by Crippen LogP contribution is -2.28. The Kier molecular flexibility index (Phi) is 6.20. The Morgan fingerprint density at radius 3 is 2.19 bits per heavy atom. The summed E-state index contributed by atoms with van der Waals surface area (Å²) in [4.78, 5) is 39.3. The number of para-hydroxylation sites is 1. The number of carbonyl (C=O) groups is 3.